The van der Waals surface area contributed by atoms with Gasteiger partial charge in [-0.3, -0.25) is 4.79 Å². The lowest BCUT2D eigenvalue weighted by atomic mass is 10.4. The molecule has 0 heterocycles. The Balaban J connectivity index is 3.35. The van der Waals surface area contributed by atoms with Crippen LogP contribution in [0.15, 0.2) is 27.6 Å². The second-order valence-corrected chi connectivity index (χ2v) is 6.78. The molecule has 0 spiro atoms. The number of carboxylic acid groups (broad SMARTS) is 1. The summed E-state index contributed by atoms with van der Waals surface area (Å²) >= 11 is 8.96. The third kappa shape index (κ3) is 2.85. The molecule has 1 rings (SSSR count). The van der Waals surface area contributed by atoms with Crippen LogP contribution in [0.25, 0.3) is 0 Å². The van der Waals surface area contributed by atoms with Gasteiger partial charge >= 0.3 is 5.97 Å². The Morgan fingerprint density at radius 1 is 1.50 bits per heavy atom. The van der Waals surface area contributed by atoms with Gasteiger partial charge in [0.2, 0.25) is 10.0 Å². The molecule has 0 saturated carbocycles. The number of hydrogen-bond donors (Lipinski definition) is 1. The van der Waals surface area contributed by atoms with Crippen molar-refractivity contribution >= 4 is 43.5 Å². The summed E-state index contributed by atoms with van der Waals surface area (Å²) in [6, 6.07) is 3.36. The van der Waals surface area contributed by atoms with Crippen LogP contribution < -0.4 is 0 Å². The SMILES string of the molecule is CC(C(=O)O)N(C)S(=O)(=O)c1c(Cl)cccc1Br. The topological polar surface area (TPSA) is 74.7 Å². The highest BCUT2D eigenvalue weighted by Crippen LogP contribution is 2.31. The van der Waals surface area contributed by atoms with Crippen LogP contribution in [0.4, 0.5) is 0 Å². The van der Waals surface area contributed by atoms with Crippen LogP contribution in [0.5, 0.6) is 0 Å². The van der Waals surface area contributed by atoms with E-state index in [-0.39, 0.29) is 9.92 Å². The van der Waals surface area contributed by atoms with Gasteiger partial charge in [-0.25, -0.2) is 8.42 Å². The molecular formula is C10H11BrClNO4S. The molecule has 8 heteroatoms. The molecule has 1 N–H and O–H groups in total. The maximum Gasteiger partial charge on any atom is 0.321 e. The first-order chi connectivity index (χ1) is 8.19. The summed E-state index contributed by atoms with van der Waals surface area (Å²) in [6.07, 6.45) is 0. The zero-order valence-corrected chi connectivity index (χ0v) is 12.8. The van der Waals surface area contributed by atoms with E-state index in [0.29, 0.717) is 4.47 Å². The highest BCUT2D eigenvalue weighted by atomic mass is 79.9. The standard InChI is InChI=1S/C10H11BrClNO4S/c1-6(10(14)15)13(2)18(16,17)9-7(11)4-3-5-8(9)12/h3-6H,1-2H3,(H,14,15). The number of likely N-dealkylation sites (N-methyl/N-ethyl adjacent to an activating group) is 1. The average Bonchev–Trinajstić information content (AvgIpc) is 2.26. The fraction of sp³-hybridized carbons (Fsp3) is 0.300. The van der Waals surface area contributed by atoms with E-state index in [2.05, 4.69) is 15.9 Å². The van der Waals surface area contributed by atoms with Gasteiger partial charge in [0.1, 0.15) is 10.9 Å². The second kappa shape index (κ2) is 5.56. The van der Waals surface area contributed by atoms with Gasteiger partial charge in [0, 0.05) is 11.5 Å². The number of nitrogens with zero attached hydrogens (tertiary/aromatic N) is 1. The van der Waals surface area contributed by atoms with E-state index in [1.54, 1.807) is 6.07 Å². The molecule has 0 bridgehead atoms. The van der Waals surface area contributed by atoms with Crippen molar-refractivity contribution in [1.29, 1.82) is 0 Å². The molecule has 0 aliphatic heterocycles. The zero-order valence-electron chi connectivity index (χ0n) is 9.59. The largest absolute Gasteiger partial charge is 0.480 e. The molecule has 5 nitrogen and oxygen atoms in total. The van der Waals surface area contributed by atoms with E-state index >= 15 is 0 Å². The van der Waals surface area contributed by atoms with Crippen molar-refractivity contribution in [2.75, 3.05) is 7.05 Å². The molecule has 0 aliphatic rings. The molecule has 1 aromatic carbocycles. The first-order valence-electron chi connectivity index (χ1n) is 4.84. The molecule has 1 unspecified atom stereocenters. The van der Waals surface area contributed by atoms with E-state index in [9.17, 15) is 13.2 Å². The molecule has 0 fully saturated rings. The van der Waals surface area contributed by atoms with Crippen LogP contribution in [0.1, 0.15) is 6.92 Å². The number of carbonyl (C=O) groups is 1. The lowest BCUT2D eigenvalue weighted by molar-refractivity contribution is -0.140. The summed E-state index contributed by atoms with van der Waals surface area (Å²) in [5.74, 6) is -1.23. The summed E-state index contributed by atoms with van der Waals surface area (Å²) < 4.78 is 25.6. The number of carboxylic acids is 1. The van der Waals surface area contributed by atoms with Gasteiger partial charge in [-0.2, -0.15) is 4.31 Å². The molecule has 0 aliphatic carbocycles. The fourth-order valence-corrected chi connectivity index (χ4v) is 4.22. The maximum atomic E-state index is 12.3. The minimum atomic E-state index is -3.97. The predicted octanol–water partition coefficient (Wildman–Crippen LogP) is 2.20. The van der Waals surface area contributed by atoms with Gasteiger partial charge in [0.25, 0.3) is 0 Å². The van der Waals surface area contributed by atoms with Crippen LogP contribution in [-0.2, 0) is 14.8 Å². The van der Waals surface area contributed by atoms with Gasteiger partial charge in [-0.15, -0.1) is 0 Å². The van der Waals surface area contributed by atoms with E-state index in [4.69, 9.17) is 16.7 Å². The van der Waals surface area contributed by atoms with Gasteiger partial charge in [0.15, 0.2) is 0 Å². The minimum Gasteiger partial charge on any atom is -0.480 e. The first-order valence-corrected chi connectivity index (χ1v) is 7.45. The molecule has 1 atom stereocenters. The highest BCUT2D eigenvalue weighted by molar-refractivity contribution is 9.10. The Labute approximate surface area is 119 Å². The number of benzene rings is 1. The Hall–Kier alpha value is -0.630. The van der Waals surface area contributed by atoms with Crippen molar-refractivity contribution < 1.29 is 18.3 Å². The summed E-state index contributed by atoms with van der Waals surface area (Å²) in [4.78, 5) is 10.7. The lowest BCUT2D eigenvalue weighted by Crippen LogP contribution is -2.40. The van der Waals surface area contributed by atoms with E-state index in [1.165, 1.54) is 26.1 Å². The van der Waals surface area contributed by atoms with Crippen LogP contribution in [-0.4, -0.2) is 36.9 Å². The smallest absolute Gasteiger partial charge is 0.321 e. The molecule has 0 amide bonds. The van der Waals surface area contributed by atoms with Gasteiger partial charge in [0.05, 0.1) is 5.02 Å². The zero-order chi connectivity index (χ0) is 14.1. The van der Waals surface area contributed by atoms with Crippen molar-refractivity contribution in [3.05, 3.63) is 27.7 Å². The first kappa shape index (κ1) is 15.4. The maximum absolute atomic E-state index is 12.3. The Kier molecular flexibility index (Phi) is 4.77. The Morgan fingerprint density at radius 2 is 2.06 bits per heavy atom. The molecule has 0 aromatic heterocycles. The van der Waals surface area contributed by atoms with Crippen LogP contribution in [0.2, 0.25) is 5.02 Å². The minimum absolute atomic E-state index is 0.0359. The van der Waals surface area contributed by atoms with Crippen molar-refractivity contribution in [3.8, 4) is 0 Å². The number of hydrogen-bond acceptors (Lipinski definition) is 3. The van der Waals surface area contributed by atoms with Gasteiger partial charge < -0.3 is 5.11 Å². The predicted molar refractivity (Wildman–Crippen MR) is 71.2 cm³/mol. The Bertz CT molecular complexity index is 555. The summed E-state index contributed by atoms with van der Waals surface area (Å²) in [7, 11) is -2.77. The fourth-order valence-electron chi connectivity index (χ4n) is 1.24. The van der Waals surface area contributed by atoms with Gasteiger partial charge in [-0.05, 0) is 35.0 Å². The third-order valence-corrected chi connectivity index (χ3v) is 5.84. The average molecular weight is 357 g/mol. The number of rotatable bonds is 4. The second-order valence-electron chi connectivity index (χ2n) is 3.59. The third-order valence-electron chi connectivity index (χ3n) is 2.46. The highest BCUT2D eigenvalue weighted by Gasteiger charge is 2.32. The number of aliphatic carboxylic acids is 1. The van der Waals surface area contributed by atoms with E-state index < -0.39 is 22.0 Å². The van der Waals surface area contributed by atoms with Crippen LogP contribution in [0.3, 0.4) is 0 Å². The summed E-state index contributed by atoms with van der Waals surface area (Å²) in [6.45, 7) is 1.28. The van der Waals surface area contributed by atoms with E-state index in [1.807, 2.05) is 0 Å². The van der Waals surface area contributed by atoms with Crippen LogP contribution in [0, 0.1) is 0 Å². The normalized spacial score (nSPS) is 13.6. The molecular weight excluding hydrogens is 346 g/mol. The molecule has 1 aromatic rings. The van der Waals surface area contributed by atoms with Gasteiger partial charge in [-0.1, -0.05) is 17.7 Å². The lowest BCUT2D eigenvalue weighted by Gasteiger charge is -2.22. The quantitative estimate of drug-likeness (QED) is 0.897. The van der Waals surface area contributed by atoms with E-state index in [0.717, 1.165) is 4.31 Å². The molecule has 100 valence electrons. The summed E-state index contributed by atoms with van der Waals surface area (Å²) in [5, 5.41) is 8.89. The molecule has 0 radical (unpaired) electrons. The van der Waals surface area contributed by atoms with Crippen molar-refractivity contribution in [2.24, 2.45) is 0 Å². The van der Waals surface area contributed by atoms with Crippen molar-refractivity contribution in [1.82, 2.24) is 4.31 Å². The summed E-state index contributed by atoms with van der Waals surface area (Å²) in [5.41, 5.74) is 0. The molecule has 18 heavy (non-hydrogen) atoms. The van der Waals surface area contributed by atoms with Crippen molar-refractivity contribution in [3.63, 3.8) is 0 Å². The van der Waals surface area contributed by atoms with Crippen LogP contribution >= 0.6 is 27.5 Å². The Morgan fingerprint density at radius 3 is 2.50 bits per heavy atom. The van der Waals surface area contributed by atoms with Crippen molar-refractivity contribution in [2.45, 2.75) is 17.9 Å². The monoisotopic (exact) mass is 355 g/mol. The number of halogens is 2. The molecule has 0 saturated heterocycles. The number of sulfonamides is 1.